The Morgan fingerprint density at radius 1 is 1.40 bits per heavy atom. The molecular formula is C10H4BrCl2NO. The molecule has 2 aromatic rings. The second-order valence-electron chi connectivity index (χ2n) is 2.92. The van der Waals surface area contributed by atoms with Crippen LogP contribution in [0.15, 0.2) is 28.9 Å². The Kier molecular flexibility index (Phi) is 2.96. The zero-order valence-corrected chi connectivity index (χ0v) is 10.4. The Balaban J connectivity index is 2.82. The van der Waals surface area contributed by atoms with Gasteiger partial charge in [0.05, 0.1) is 16.1 Å². The zero-order valence-electron chi connectivity index (χ0n) is 7.30. The highest BCUT2D eigenvalue weighted by atomic mass is 79.9. The van der Waals surface area contributed by atoms with Crippen molar-refractivity contribution in [3.8, 4) is 0 Å². The molecule has 0 spiro atoms. The summed E-state index contributed by atoms with van der Waals surface area (Å²) < 4.78 is 0.873. The van der Waals surface area contributed by atoms with Crippen LogP contribution in [0.25, 0.3) is 10.9 Å². The van der Waals surface area contributed by atoms with Crippen LogP contribution in [0.1, 0.15) is 10.4 Å². The molecule has 1 heterocycles. The molecule has 0 fully saturated rings. The standard InChI is InChI=1S/C10H4BrCl2NO/c11-5-1-2-8-6(3-5)9(12)7(4-14-8)10(13)15/h1-4H. The van der Waals surface area contributed by atoms with Crippen molar-refractivity contribution in [2.75, 3.05) is 0 Å². The number of rotatable bonds is 1. The van der Waals surface area contributed by atoms with Crippen molar-refractivity contribution in [1.82, 2.24) is 4.98 Å². The van der Waals surface area contributed by atoms with Gasteiger partial charge in [0.1, 0.15) is 0 Å². The summed E-state index contributed by atoms with van der Waals surface area (Å²) in [5.41, 5.74) is 0.953. The molecule has 0 radical (unpaired) electrons. The minimum Gasteiger partial charge on any atom is -0.275 e. The Hall–Kier alpha value is -0.640. The number of aromatic nitrogens is 1. The third kappa shape index (κ3) is 2.00. The van der Waals surface area contributed by atoms with Crippen LogP contribution >= 0.6 is 39.1 Å². The first-order valence-electron chi connectivity index (χ1n) is 4.03. The average Bonchev–Trinajstić information content (AvgIpc) is 2.19. The summed E-state index contributed by atoms with van der Waals surface area (Å²) in [4.78, 5) is 15.1. The highest BCUT2D eigenvalue weighted by Gasteiger charge is 2.11. The summed E-state index contributed by atoms with van der Waals surface area (Å²) >= 11 is 14.7. The molecule has 0 saturated heterocycles. The van der Waals surface area contributed by atoms with Crippen molar-refractivity contribution < 1.29 is 4.79 Å². The number of hydrogen-bond donors (Lipinski definition) is 0. The molecule has 0 bridgehead atoms. The highest BCUT2D eigenvalue weighted by Crippen LogP contribution is 2.28. The molecule has 2 rings (SSSR count). The first-order chi connectivity index (χ1) is 7.09. The Bertz CT molecular complexity index is 556. The maximum absolute atomic E-state index is 11.0. The van der Waals surface area contributed by atoms with E-state index in [9.17, 15) is 4.79 Å². The van der Waals surface area contributed by atoms with E-state index >= 15 is 0 Å². The van der Waals surface area contributed by atoms with E-state index in [1.165, 1.54) is 6.20 Å². The molecule has 2 nitrogen and oxygen atoms in total. The van der Waals surface area contributed by atoms with Gasteiger partial charge < -0.3 is 0 Å². The van der Waals surface area contributed by atoms with E-state index < -0.39 is 5.24 Å². The molecule has 0 aliphatic rings. The van der Waals surface area contributed by atoms with Gasteiger partial charge in [0.15, 0.2) is 0 Å². The molecule has 0 aliphatic heterocycles. The third-order valence-electron chi connectivity index (χ3n) is 1.98. The van der Waals surface area contributed by atoms with Gasteiger partial charge in [0, 0.05) is 16.1 Å². The van der Waals surface area contributed by atoms with Crippen LogP contribution in [0.5, 0.6) is 0 Å². The van der Waals surface area contributed by atoms with Gasteiger partial charge in [0.25, 0.3) is 5.24 Å². The summed E-state index contributed by atoms with van der Waals surface area (Å²) in [6, 6.07) is 5.47. The second-order valence-corrected chi connectivity index (χ2v) is 4.56. The van der Waals surface area contributed by atoms with Gasteiger partial charge in [-0.05, 0) is 29.8 Å². The Labute approximate surface area is 104 Å². The summed E-state index contributed by atoms with van der Waals surface area (Å²) in [5.74, 6) is 0. The fourth-order valence-electron chi connectivity index (χ4n) is 1.27. The maximum Gasteiger partial charge on any atom is 0.255 e. The largest absolute Gasteiger partial charge is 0.275 e. The number of carbonyl (C=O) groups excluding carboxylic acids is 1. The molecule has 5 heteroatoms. The van der Waals surface area contributed by atoms with Gasteiger partial charge in [-0.1, -0.05) is 27.5 Å². The van der Waals surface area contributed by atoms with Crippen LogP contribution in [0, 0.1) is 0 Å². The summed E-state index contributed by atoms with van der Waals surface area (Å²) in [6.45, 7) is 0. The maximum atomic E-state index is 11.0. The molecule has 0 amide bonds. The lowest BCUT2D eigenvalue weighted by atomic mass is 10.2. The van der Waals surface area contributed by atoms with E-state index in [-0.39, 0.29) is 5.56 Å². The van der Waals surface area contributed by atoms with Crippen LogP contribution in [-0.4, -0.2) is 10.2 Å². The summed E-state index contributed by atoms with van der Waals surface area (Å²) in [5, 5.41) is 0.438. The predicted molar refractivity (Wildman–Crippen MR) is 64.6 cm³/mol. The quantitative estimate of drug-likeness (QED) is 0.745. The molecule has 0 aliphatic carbocycles. The van der Waals surface area contributed by atoms with Crippen molar-refractivity contribution in [1.29, 1.82) is 0 Å². The second kappa shape index (κ2) is 4.08. The lowest BCUT2D eigenvalue weighted by Crippen LogP contribution is -1.93. The summed E-state index contributed by atoms with van der Waals surface area (Å²) in [7, 11) is 0. The number of benzene rings is 1. The van der Waals surface area contributed by atoms with Gasteiger partial charge in [0.2, 0.25) is 0 Å². The minimum atomic E-state index is -0.602. The van der Waals surface area contributed by atoms with Crippen molar-refractivity contribution in [3.63, 3.8) is 0 Å². The third-order valence-corrected chi connectivity index (χ3v) is 3.08. The van der Waals surface area contributed by atoms with Gasteiger partial charge >= 0.3 is 0 Å². The molecule has 1 aromatic carbocycles. The van der Waals surface area contributed by atoms with Crippen LogP contribution in [0.3, 0.4) is 0 Å². The first-order valence-corrected chi connectivity index (χ1v) is 5.58. The number of halogens is 3. The normalized spacial score (nSPS) is 10.6. The smallest absolute Gasteiger partial charge is 0.255 e. The van der Waals surface area contributed by atoms with E-state index in [2.05, 4.69) is 20.9 Å². The Morgan fingerprint density at radius 3 is 2.80 bits per heavy atom. The topological polar surface area (TPSA) is 30.0 Å². The lowest BCUT2D eigenvalue weighted by molar-refractivity contribution is 0.108. The Morgan fingerprint density at radius 2 is 2.13 bits per heavy atom. The molecule has 0 atom stereocenters. The summed E-state index contributed by atoms with van der Waals surface area (Å²) in [6.07, 6.45) is 1.38. The molecule has 0 saturated carbocycles. The van der Waals surface area contributed by atoms with Gasteiger partial charge in [-0.15, -0.1) is 0 Å². The number of nitrogens with zero attached hydrogens (tertiary/aromatic N) is 1. The van der Waals surface area contributed by atoms with Crippen molar-refractivity contribution in [2.24, 2.45) is 0 Å². The molecule has 0 N–H and O–H groups in total. The average molecular weight is 305 g/mol. The van der Waals surface area contributed by atoms with Crippen LogP contribution < -0.4 is 0 Å². The SMILES string of the molecule is O=C(Cl)c1cnc2ccc(Br)cc2c1Cl. The number of hydrogen-bond acceptors (Lipinski definition) is 2. The number of fused-ring (bicyclic) bond motifs is 1. The molecule has 76 valence electrons. The van der Waals surface area contributed by atoms with E-state index in [1.807, 2.05) is 12.1 Å². The highest BCUT2D eigenvalue weighted by molar-refractivity contribution is 9.10. The number of pyridine rings is 1. The molecule has 0 unspecified atom stereocenters. The van der Waals surface area contributed by atoms with Crippen LogP contribution in [0.2, 0.25) is 5.02 Å². The fraction of sp³-hybridized carbons (Fsp3) is 0. The fourth-order valence-corrected chi connectivity index (χ4v) is 2.11. The van der Waals surface area contributed by atoms with E-state index in [0.29, 0.717) is 10.4 Å². The minimum absolute atomic E-state index is 0.226. The number of carbonyl (C=O) groups is 1. The van der Waals surface area contributed by atoms with Gasteiger partial charge in [-0.25, -0.2) is 0 Å². The van der Waals surface area contributed by atoms with Crippen molar-refractivity contribution in [2.45, 2.75) is 0 Å². The molecular weight excluding hydrogens is 301 g/mol. The van der Waals surface area contributed by atoms with Crippen LogP contribution in [-0.2, 0) is 0 Å². The van der Waals surface area contributed by atoms with Gasteiger partial charge in [-0.2, -0.15) is 0 Å². The van der Waals surface area contributed by atoms with Crippen molar-refractivity contribution in [3.05, 3.63) is 39.5 Å². The predicted octanol–water partition coefficient (Wildman–Crippen LogP) is 4.03. The van der Waals surface area contributed by atoms with Gasteiger partial charge in [-0.3, -0.25) is 9.78 Å². The van der Waals surface area contributed by atoms with E-state index in [1.54, 1.807) is 6.07 Å². The van der Waals surface area contributed by atoms with Crippen molar-refractivity contribution >= 4 is 55.3 Å². The zero-order chi connectivity index (χ0) is 11.0. The monoisotopic (exact) mass is 303 g/mol. The first kappa shape index (κ1) is 10.9. The lowest BCUT2D eigenvalue weighted by Gasteiger charge is -2.03. The molecule has 15 heavy (non-hydrogen) atoms. The van der Waals surface area contributed by atoms with Crippen LogP contribution in [0.4, 0.5) is 0 Å². The molecule has 1 aromatic heterocycles. The van der Waals surface area contributed by atoms with E-state index in [0.717, 1.165) is 9.99 Å². The van der Waals surface area contributed by atoms with E-state index in [4.69, 9.17) is 23.2 Å².